The van der Waals surface area contributed by atoms with E-state index in [0.29, 0.717) is 11.5 Å². The Morgan fingerprint density at radius 3 is 1.82 bits per heavy atom. The molecule has 2 aromatic rings. The summed E-state index contributed by atoms with van der Waals surface area (Å²) in [5, 5.41) is 18.0. The number of rotatable bonds is 10. The van der Waals surface area contributed by atoms with E-state index in [-0.39, 0.29) is 17.9 Å². The minimum Gasteiger partial charge on any atom is -0.491 e. The fourth-order valence-electron chi connectivity index (χ4n) is 2.57. The fourth-order valence-corrected chi connectivity index (χ4v) is 2.66. The van der Waals surface area contributed by atoms with Crippen LogP contribution < -0.4 is 9.47 Å². The minimum absolute atomic E-state index is 0.114. The van der Waals surface area contributed by atoms with Gasteiger partial charge < -0.3 is 19.7 Å². The Labute approximate surface area is 168 Å². The van der Waals surface area contributed by atoms with Crippen molar-refractivity contribution in [2.45, 2.75) is 31.3 Å². The average molecular weight is 415 g/mol. The molecule has 154 valence electrons. The molecule has 1 atom stereocenters. The first-order valence-electron chi connectivity index (χ1n) is 8.87. The van der Waals surface area contributed by atoms with E-state index in [9.17, 15) is 13.9 Å². The van der Waals surface area contributed by atoms with Crippen LogP contribution in [-0.4, -0.2) is 47.9 Å². The van der Waals surface area contributed by atoms with E-state index in [2.05, 4.69) is 13.8 Å². The Morgan fingerprint density at radius 1 is 0.929 bits per heavy atom. The van der Waals surface area contributed by atoms with Crippen molar-refractivity contribution in [2.24, 2.45) is 0 Å². The van der Waals surface area contributed by atoms with Gasteiger partial charge in [-0.25, -0.2) is 8.78 Å². The van der Waals surface area contributed by atoms with Crippen LogP contribution in [0.4, 0.5) is 8.78 Å². The summed E-state index contributed by atoms with van der Waals surface area (Å²) in [5.41, 5.74) is 1.69. The van der Waals surface area contributed by atoms with Gasteiger partial charge in [0, 0.05) is 5.41 Å². The molecule has 4 nitrogen and oxygen atoms in total. The first kappa shape index (κ1) is 22.4. The molecule has 0 radical (unpaired) electrons. The average Bonchev–Trinajstić information content (AvgIpc) is 2.71. The van der Waals surface area contributed by atoms with Crippen molar-refractivity contribution >= 4 is 11.6 Å². The van der Waals surface area contributed by atoms with Crippen LogP contribution in [0.1, 0.15) is 25.0 Å². The molecule has 0 unspecified atom stereocenters. The lowest BCUT2D eigenvalue weighted by molar-refractivity contribution is -0.0801. The monoisotopic (exact) mass is 414 g/mol. The minimum atomic E-state index is -3.26. The zero-order chi connectivity index (χ0) is 20.8. The predicted molar refractivity (Wildman–Crippen MR) is 105 cm³/mol. The van der Waals surface area contributed by atoms with E-state index in [4.69, 9.17) is 26.2 Å². The van der Waals surface area contributed by atoms with Crippen molar-refractivity contribution in [1.29, 1.82) is 0 Å². The molecule has 0 aliphatic carbocycles. The van der Waals surface area contributed by atoms with Gasteiger partial charge in [0.25, 0.3) is 0 Å². The highest BCUT2D eigenvalue weighted by molar-refractivity contribution is 6.18. The quantitative estimate of drug-likeness (QED) is 0.577. The molecule has 28 heavy (non-hydrogen) atoms. The second-order valence-electron chi connectivity index (χ2n) is 7.10. The van der Waals surface area contributed by atoms with E-state index in [0.717, 1.165) is 11.1 Å². The van der Waals surface area contributed by atoms with Crippen molar-refractivity contribution in [3.8, 4) is 11.5 Å². The number of ether oxygens (including phenoxy) is 2. The van der Waals surface area contributed by atoms with Crippen LogP contribution in [0.5, 0.6) is 11.5 Å². The summed E-state index contributed by atoms with van der Waals surface area (Å²) >= 11 is 5.54. The third-order valence-electron chi connectivity index (χ3n) is 4.45. The molecule has 0 fully saturated rings. The van der Waals surface area contributed by atoms with Crippen molar-refractivity contribution in [3.05, 3.63) is 59.7 Å². The maximum atomic E-state index is 13.1. The molecule has 0 heterocycles. The SMILES string of the molecule is CC(C)(c1ccc(OC[C@@H](O)CCl)cc1)c1ccc(OCC(F)(F)CO)cc1. The normalized spacial score (nSPS) is 13.2. The summed E-state index contributed by atoms with van der Waals surface area (Å²) in [5.74, 6) is -2.20. The maximum Gasteiger partial charge on any atom is 0.303 e. The lowest BCUT2D eigenvalue weighted by Gasteiger charge is -2.26. The Bertz CT molecular complexity index is 733. The van der Waals surface area contributed by atoms with Gasteiger partial charge in [-0.2, -0.15) is 0 Å². The molecule has 0 aromatic heterocycles. The van der Waals surface area contributed by atoms with Gasteiger partial charge in [-0.1, -0.05) is 38.1 Å². The third-order valence-corrected chi connectivity index (χ3v) is 4.81. The summed E-state index contributed by atoms with van der Waals surface area (Å²) < 4.78 is 36.7. The maximum absolute atomic E-state index is 13.1. The Balaban J connectivity index is 2.05. The molecule has 0 aliphatic rings. The van der Waals surface area contributed by atoms with Gasteiger partial charge in [-0.15, -0.1) is 11.6 Å². The highest BCUT2D eigenvalue weighted by Crippen LogP contribution is 2.33. The fraction of sp³-hybridized carbons (Fsp3) is 0.429. The van der Waals surface area contributed by atoms with Crippen molar-refractivity contribution in [1.82, 2.24) is 0 Å². The molecule has 0 saturated carbocycles. The lowest BCUT2D eigenvalue weighted by atomic mass is 9.78. The van der Waals surface area contributed by atoms with Crippen LogP contribution in [0, 0.1) is 0 Å². The van der Waals surface area contributed by atoms with E-state index >= 15 is 0 Å². The number of halogens is 3. The molecule has 2 rings (SSSR count). The molecule has 0 bridgehead atoms. The van der Waals surface area contributed by atoms with Crippen LogP contribution in [0.15, 0.2) is 48.5 Å². The standard InChI is InChI=1S/C21H25ClF2O4/c1-20(2,15-3-7-18(8-4-15)27-12-17(26)11-22)16-5-9-19(10-6-16)28-14-21(23,24)13-25/h3-10,17,25-26H,11-14H2,1-2H3/t17-/m0/s1. The number of alkyl halides is 3. The van der Waals surface area contributed by atoms with E-state index < -0.39 is 25.2 Å². The molecule has 0 amide bonds. The van der Waals surface area contributed by atoms with Gasteiger partial charge in [0.1, 0.15) is 30.8 Å². The van der Waals surface area contributed by atoms with E-state index in [1.54, 1.807) is 12.1 Å². The third kappa shape index (κ3) is 6.06. The van der Waals surface area contributed by atoms with Crippen LogP contribution in [0.3, 0.4) is 0 Å². The zero-order valence-electron chi connectivity index (χ0n) is 15.9. The first-order valence-corrected chi connectivity index (χ1v) is 9.41. The van der Waals surface area contributed by atoms with Crippen LogP contribution in [0.25, 0.3) is 0 Å². The summed E-state index contributed by atoms with van der Waals surface area (Å²) in [6.07, 6.45) is -0.712. The van der Waals surface area contributed by atoms with Crippen molar-refractivity contribution in [2.75, 3.05) is 25.7 Å². The van der Waals surface area contributed by atoms with Gasteiger partial charge in [0.2, 0.25) is 0 Å². The molecule has 2 aromatic carbocycles. The largest absolute Gasteiger partial charge is 0.491 e. The summed E-state index contributed by atoms with van der Waals surface area (Å²) in [4.78, 5) is 0. The Hall–Kier alpha value is -1.89. The summed E-state index contributed by atoms with van der Waals surface area (Å²) in [6.45, 7) is 2.11. The summed E-state index contributed by atoms with van der Waals surface area (Å²) in [7, 11) is 0. The van der Waals surface area contributed by atoms with Gasteiger partial charge >= 0.3 is 5.92 Å². The molecule has 0 aliphatic heterocycles. The van der Waals surface area contributed by atoms with Crippen LogP contribution >= 0.6 is 11.6 Å². The second-order valence-corrected chi connectivity index (χ2v) is 7.40. The topological polar surface area (TPSA) is 58.9 Å². The lowest BCUT2D eigenvalue weighted by Crippen LogP contribution is -2.29. The number of hydrogen-bond acceptors (Lipinski definition) is 4. The van der Waals surface area contributed by atoms with Crippen molar-refractivity contribution in [3.63, 3.8) is 0 Å². The Morgan fingerprint density at radius 2 is 1.39 bits per heavy atom. The second kappa shape index (κ2) is 9.54. The predicted octanol–water partition coefficient (Wildman–Crippen LogP) is 4.00. The highest BCUT2D eigenvalue weighted by Gasteiger charge is 2.29. The number of aliphatic hydroxyl groups excluding tert-OH is 2. The van der Waals surface area contributed by atoms with Gasteiger partial charge in [0.05, 0.1) is 5.88 Å². The summed E-state index contributed by atoms with van der Waals surface area (Å²) in [6, 6.07) is 14.5. The van der Waals surface area contributed by atoms with Crippen molar-refractivity contribution < 1.29 is 28.5 Å². The van der Waals surface area contributed by atoms with Gasteiger partial charge in [-0.05, 0) is 35.4 Å². The van der Waals surface area contributed by atoms with E-state index in [1.807, 2.05) is 36.4 Å². The zero-order valence-corrected chi connectivity index (χ0v) is 16.6. The number of benzene rings is 2. The van der Waals surface area contributed by atoms with E-state index in [1.165, 1.54) is 0 Å². The van der Waals surface area contributed by atoms with Gasteiger partial charge in [-0.3, -0.25) is 0 Å². The van der Waals surface area contributed by atoms with Crippen LogP contribution in [-0.2, 0) is 5.41 Å². The number of hydrogen-bond donors (Lipinski definition) is 2. The first-order chi connectivity index (χ1) is 13.2. The van der Waals surface area contributed by atoms with Crippen LogP contribution in [0.2, 0.25) is 0 Å². The molecule has 7 heteroatoms. The number of aliphatic hydroxyl groups is 2. The Kier molecular flexibility index (Phi) is 7.63. The molecular weight excluding hydrogens is 390 g/mol. The molecule has 0 spiro atoms. The highest BCUT2D eigenvalue weighted by atomic mass is 35.5. The van der Waals surface area contributed by atoms with Gasteiger partial charge in [0.15, 0.2) is 6.61 Å². The molecular formula is C21H25ClF2O4. The smallest absolute Gasteiger partial charge is 0.303 e. The molecule has 2 N–H and O–H groups in total. The molecule has 0 saturated heterocycles.